The number of ether oxygens (including phenoxy) is 2. The lowest BCUT2D eigenvalue weighted by atomic mass is 10.2. The van der Waals surface area contributed by atoms with Crippen molar-refractivity contribution in [1.29, 1.82) is 0 Å². The van der Waals surface area contributed by atoms with E-state index in [2.05, 4.69) is 10.1 Å². The number of aliphatic hydroxyl groups excluding tert-OH is 1. The molecule has 1 unspecified atom stereocenters. The Morgan fingerprint density at radius 2 is 1.88 bits per heavy atom. The fraction of sp³-hybridized carbons (Fsp3) is 0.636. The zero-order valence-corrected chi connectivity index (χ0v) is 10.7. The van der Waals surface area contributed by atoms with Crippen molar-refractivity contribution in [1.82, 2.24) is 5.32 Å². The van der Waals surface area contributed by atoms with Gasteiger partial charge in [0.1, 0.15) is 11.4 Å². The average Bonchev–Trinajstić information content (AvgIpc) is 2.14. The van der Waals surface area contributed by atoms with Crippen LogP contribution in [0.3, 0.4) is 0 Å². The topological polar surface area (TPSA) is 84.9 Å². The molecule has 0 radical (unpaired) electrons. The molecule has 2 N–H and O–H groups in total. The van der Waals surface area contributed by atoms with Gasteiger partial charge >= 0.3 is 12.1 Å². The lowest BCUT2D eigenvalue weighted by molar-refractivity contribution is -0.135. The molecule has 0 fully saturated rings. The van der Waals surface area contributed by atoms with Crippen molar-refractivity contribution in [3.8, 4) is 0 Å². The summed E-state index contributed by atoms with van der Waals surface area (Å²) in [6.45, 7) is 6.68. The molecule has 6 nitrogen and oxygen atoms in total. The van der Waals surface area contributed by atoms with Crippen LogP contribution in [0.5, 0.6) is 0 Å². The monoisotopic (exact) mass is 245 g/mol. The van der Waals surface area contributed by atoms with Crippen LogP contribution in [-0.2, 0) is 14.3 Å². The van der Waals surface area contributed by atoms with Gasteiger partial charge < -0.3 is 19.9 Å². The van der Waals surface area contributed by atoms with E-state index in [0.29, 0.717) is 0 Å². The first-order valence-electron chi connectivity index (χ1n) is 5.13. The summed E-state index contributed by atoms with van der Waals surface area (Å²) in [6.07, 6.45) is 0.219. The molecule has 1 amide bonds. The number of rotatable bonds is 3. The van der Waals surface area contributed by atoms with Crippen molar-refractivity contribution in [2.75, 3.05) is 7.11 Å². The molecule has 0 rings (SSSR count). The van der Waals surface area contributed by atoms with Crippen LogP contribution in [0, 0.1) is 0 Å². The molecule has 0 aliphatic heterocycles. The van der Waals surface area contributed by atoms with Crippen molar-refractivity contribution < 1.29 is 24.2 Å². The second-order valence-electron chi connectivity index (χ2n) is 4.46. The number of hydrogen-bond acceptors (Lipinski definition) is 5. The van der Waals surface area contributed by atoms with E-state index in [1.807, 2.05) is 0 Å². The molecular weight excluding hydrogens is 226 g/mol. The molecule has 1 atom stereocenters. The molecule has 17 heavy (non-hydrogen) atoms. The first-order chi connectivity index (χ1) is 7.65. The molecule has 0 aliphatic rings. The lowest BCUT2D eigenvalue weighted by Gasteiger charge is -2.21. The molecular formula is C11H19NO5. The highest BCUT2D eigenvalue weighted by Crippen LogP contribution is 2.07. The van der Waals surface area contributed by atoms with Gasteiger partial charge in [0.05, 0.1) is 19.2 Å². The van der Waals surface area contributed by atoms with E-state index < -0.39 is 23.7 Å². The SMILES string of the molecule is COC(=O)C=C(O)C(C)NC(=O)OC(C)(C)C. The Balaban J connectivity index is 4.35. The Morgan fingerprint density at radius 1 is 1.35 bits per heavy atom. The molecule has 0 saturated carbocycles. The van der Waals surface area contributed by atoms with Crippen LogP contribution in [0.4, 0.5) is 4.79 Å². The number of esters is 1. The van der Waals surface area contributed by atoms with Crippen LogP contribution in [0.1, 0.15) is 27.7 Å². The number of alkyl carbamates (subject to hydrolysis) is 1. The van der Waals surface area contributed by atoms with E-state index in [4.69, 9.17) is 4.74 Å². The smallest absolute Gasteiger partial charge is 0.408 e. The summed E-state index contributed by atoms with van der Waals surface area (Å²) >= 11 is 0. The summed E-state index contributed by atoms with van der Waals surface area (Å²) < 4.78 is 9.32. The van der Waals surface area contributed by atoms with Gasteiger partial charge in [0.15, 0.2) is 0 Å². The van der Waals surface area contributed by atoms with Gasteiger partial charge in [-0.15, -0.1) is 0 Å². The first kappa shape index (κ1) is 15.3. The second-order valence-corrected chi connectivity index (χ2v) is 4.46. The number of carbonyl (C=O) groups is 2. The minimum Gasteiger partial charge on any atom is -0.510 e. The number of amides is 1. The second kappa shape index (κ2) is 6.12. The summed E-state index contributed by atoms with van der Waals surface area (Å²) in [5, 5.41) is 11.8. The number of aliphatic hydroxyl groups is 1. The lowest BCUT2D eigenvalue weighted by Crippen LogP contribution is -2.38. The third-order valence-corrected chi connectivity index (χ3v) is 1.64. The van der Waals surface area contributed by atoms with Crippen molar-refractivity contribution in [3.63, 3.8) is 0 Å². The molecule has 0 aromatic rings. The molecule has 0 bridgehead atoms. The van der Waals surface area contributed by atoms with E-state index in [-0.39, 0.29) is 5.76 Å². The molecule has 0 aromatic heterocycles. The number of carbonyl (C=O) groups excluding carboxylic acids is 2. The van der Waals surface area contributed by atoms with Gasteiger partial charge in [-0.05, 0) is 27.7 Å². The van der Waals surface area contributed by atoms with Gasteiger partial charge in [-0.25, -0.2) is 9.59 Å². The highest BCUT2D eigenvalue weighted by atomic mass is 16.6. The third-order valence-electron chi connectivity index (χ3n) is 1.64. The highest BCUT2D eigenvalue weighted by Gasteiger charge is 2.19. The Kier molecular flexibility index (Phi) is 5.50. The van der Waals surface area contributed by atoms with E-state index in [0.717, 1.165) is 6.08 Å². The highest BCUT2D eigenvalue weighted by molar-refractivity contribution is 5.82. The molecule has 6 heteroatoms. The van der Waals surface area contributed by atoms with Crippen LogP contribution in [0.2, 0.25) is 0 Å². The molecule has 0 heterocycles. The Labute approximate surface area is 101 Å². The largest absolute Gasteiger partial charge is 0.510 e. The van der Waals surface area contributed by atoms with Crippen molar-refractivity contribution in [2.45, 2.75) is 39.3 Å². The standard InChI is InChI=1S/C11H19NO5/c1-7(8(13)6-9(14)16-5)12-10(15)17-11(2,3)4/h6-7,13H,1-5H3,(H,12,15). The average molecular weight is 245 g/mol. The molecule has 0 aliphatic carbocycles. The van der Waals surface area contributed by atoms with Crippen molar-refractivity contribution in [3.05, 3.63) is 11.8 Å². The van der Waals surface area contributed by atoms with Gasteiger partial charge in [0, 0.05) is 0 Å². The van der Waals surface area contributed by atoms with Gasteiger partial charge in [0.25, 0.3) is 0 Å². The van der Waals surface area contributed by atoms with Crippen LogP contribution < -0.4 is 5.32 Å². The predicted molar refractivity (Wildman–Crippen MR) is 61.6 cm³/mol. The minimum atomic E-state index is -0.732. The fourth-order valence-corrected chi connectivity index (χ4v) is 0.863. The van der Waals surface area contributed by atoms with Crippen LogP contribution in [-0.4, -0.2) is 35.9 Å². The van der Waals surface area contributed by atoms with Crippen LogP contribution in [0.15, 0.2) is 11.8 Å². The zero-order valence-electron chi connectivity index (χ0n) is 10.7. The number of nitrogens with one attached hydrogen (secondary N) is 1. The predicted octanol–water partition coefficient (Wildman–Crippen LogP) is 1.51. The van der Waals surface area contributed by atoms with E-state index in [1.54, 1.807) is 20.8 Å². The van der Waals surface area contributed by atoms with Crippen LogP contribution in [0.25, 0.3) is 0 Å². The van der Waals surface area contributed by atoms with Gasteiger partial charge in [0.2, 0.25) is 0 Å². The Bertz CT molecular complexity index is 316. The summed E-state index contributed by atoms with van der Waals surface area (Å²) in [5.41, 5.74) is -0.620. The molecule has 0 saturated heterocycles. The normalized spacial score (nSPS) is 13.8. The minimum absolute atomic E-state index is 0.303. The Morgan fingerprint density at radius 3 is 2.29 bits per heavy atom. The van der Waals surface area contributed by atoms with Crippen LogP contribution >= 0.6 is 0 Å². The number of methoxy groups -OCH3 is 1. The molecule has 0 spiro atoms. The summed E-state index contributed by atoms with van der Waals surface area (Å²) in [7, 11) is 1.19. The van der Waals surface area contributed by atoms with Gasteiger partial charge in [-0.2, -0.15) is 0 Å². The third kappa shape index (κ3) is 7.21. The summed E-state index contributed by atoms with van der Waals surface area (Å²) in [4.78, 5) is 22.2. The fourth-order valence-electron chi connectivity index (χ4n) is 0.863. The Hall–Kier alpha value is -1.72. The molecule has 98 valence electrons. The van der Waals surface area contributed by atoms with E-state index in [9.17, 15) is 14.7 Å². The molecule has 0 aromatic carbocycles. The number of hydrogen-bond donors (Lipinski definition) is 2. The summed E-state index contributed by atoms with van der Waals surface area (Å²) in [5.74, 6) is -0.997. The van der Waals surface area contributed by atoms with E-state index in [1.165, 1.54) is 14.0 Å². The van der Waals surface area contributed by atoms with Crippen molar-refractivity contribution >= 4 is 12.1 Å². The van der Waals surface area contributed by atoms with Crippen molar-refractivity contribution in [2.24, 2.45) is 0 Å². The first-order valence-corrected chi connectivity index (χ1v) is 5.13. The zero-order chi connectivity index (χ0) is 13.6. The quantitative estimate of drug-likeness (QED) is 0.447. The maximum atomic E-state index is 11.3. The summed E-state index contributed by atoms with van der Waals surface area (Å²) in [6, 6.07) is -0.732. The van der Waals surface area contributed by atoms with E-state index >= 15 is 0 Å². The van der Waals surface area contributed by atoms with Gasteiger partial charge in [-0.1, -0.05) is 0 Å². The maximum absolute atomic E-state index is 11.3. The van der Waals surface area contributed by atoms with Gasteiger partial charge in [-0.3, -0.25) is 0 Å². The maximum Gasteiger partial charge on any atom is 0.408 e.